The van der Waals surface area contributed by atoms with Gasteiger partial charge in [-0.1, -0.05) is 0 Å². The lowest BCUT2D eigenvalue weighted by Crippen LogP contribution is -2.57. The first-order valence-electron chi connectivity index (χ1n) is 7.77. The van der Waals surface area contributed by atoms with Gasteiger partial charge in [-0.2, -0.15) is 5.10 Å². The Balaban J connectivity index is 0.00000132. The van der Waals surface area contributed by atoms with E-state index in [0.717, 1.165) is 32.5 Å². The number of rotatable bonds is 2. The summed E-state index contributed by atoms with van der Waals surface area (Å²) in [5.74, 6) is 0.711. The molecular weight excluding hydrogens is 339 g/mol. The van der Waals surface area contributed by atoms with Crippen LogP contribution in [0.15, 0.2) is 12.4 Å². The van der Waals surface area contributed by atoms with E-state index in [1.807, 2.05) is 29.7 Å². The van der Waals surface area contributed by atoms with Crippen molar-refractivity contribution in [2.75, 3.05) is 26.2 Å². The standard InChI is InChI=1S/C15H24N4O2.2ClH/c1-11-14(16-5-8-21-11)15(20)19-6-3-12(4-7-19)13-9-17-18(2)10-13;;/h9-12,14,16H,3-8H2,1-2H3;2*1H/t11-,14+;;/m1../s1. The monoisotopic (exact) mass is 364 g/mol. The zero-order valence-corrected chi connectivity index (χ0v) is 15.2. The van der Waals surface area contributed by atoms with E-state index < -0.39 is 0 Å². The maximum atomic E-state index is 12.6. The fourth-order valence-corrected chi connectivity index (χ4v) is 3.29. The van der Waals surface area contributed by atoms with Crippen LogP contribution in [0, 0.1) is 0 Å². The second-order valence-corrected chi connectivity index (χ2v) is 6.05. The summed E-state index contributed by atoms with van der Waals surface area (Å²) in [6.07, 6.45) is 6.02. The first kappa shape index (κ1) is 20.2. The number of carbonyl (C=O) groups is 1. The molecule has 1 aromatic rings. The minimum atomic E-state index is -0.186. The number of halogens is 2. The predicted octanol–water partition coefficient (Wildman–Crippen LogP) is 1.35. The number of ether oxygens (including phenoxy) is 1. The Morgan fingerprint density at radius 1 is 1.35 bits per heavy atom. The summed E-state index contributed by atoms with van der Waals surface area (Å²) in [5.41, 5.74) is 1.29. The van der Waals surface area contributed by atoms with Crippen LogP contribution in [0.2, 0.25) is 0 Å². The number of aromatic nitrogens is 2. The van der Waals surface area contributed by atoms with Crippen LogP contribution in [0.3, 0.4) is 0 Å². The summed E-state index contributed by atoms with van der Waals surface area (Å²) in [6, 6.07) is -0.186. The number of morpholine rings is 1. The molecule has 2 fully saturated rings. The molecule has 0 spiro atoms. The molecule has 0 saturated carbocycles. The summed E-state index contributed by atoms with van der Waals surface area (Å²) in [7, 11) is 1.94. The molecule has 2 saturated heterocycles. The summed E-state index contributed by atoms with van der Waals surface area (Å²) in [4.78, 5) is 14.6. The Morgan fingerprint density at radius 2 is 2.04 bits per heavy atom. The number of aryl methyl sites for hydroxylation is 1. The highest BCUT2D eigenvalue weighted by Crippen LogP contribution is 2.28. The number of hydrogen-bond acceptors (Lipinski definition) is 4. The maximum Gasteiger partial charge on any atom is 0.242 e. The zero-order valence-electron chi connectivity index (χ0n) is 13.6. The van der Waals surface area contributed by atoms with Crippen molar-refractivity contribution in [1.82, 2.24) is 20.0 Å². The zero-order chi connectivity index (χ0) is 14.8. The Morgan fingerprint density at radius 3 is 2.61 bits per heavy atom. The number of piperidine rings is 1. The number of amides is 1. The van der Waals surface area contributed by atoms with Crippen LogP contribution in [0.5, 0.6) is 0 Å². The lowest BCUT2D eigenvalue weighted by atomic mass is 9.91. The molecule has 1 aromatic heterocycles. The number of carbonyl (C=O) groups excluding carboxylic acids is 1. The third kappa shape index (κ3) is 4.59. The van der Waals surface area contributed by atoms with Crippen LogP contribution in [0.25, 0.3) is 0 Å². The molecule has 3 rings (SSSR count). The van der Waals surface area contributed by atoms with Gasteiger partial charge in [0.2, 0.25) is 5.91 Å². The number of nitrogens with one attached hydrogen (secondary N) is 1. The van der Waals surface area contributed by atoms with Gasteiger partial charge in [0.25, 0.3) is 0 Å². The molecule has 1 N–H and O–H groups in total. The lowest BCUT2D eigenvalue weighted by molar-refractivity contribution is -0.140. The van der Waals surface area contributed by atoms with Crippen molar-refractivity contribution >= 4 is 30.7 Å². The molecule has 1 amide bonds. The van der Waals surface area contributed by atoms with Gasteiger partial charge in [-0.15, -0.1) is 24.8 Å². The smallest absolute Gasteiger partial charge is 0.242 e. The molecule has 0 aliphatic carbocycles. The molecule has 0 radical (unpaired) electrons. The number of likely N-dealkylation sites (tertiary alicyclic amines) is 1. The first-order valence-corrected chi connectivity index (χ1v) is 7.77. The van der Waals surface area contributed by atoms with Gasteiger partial charge < -0.3 is 15.0 Å². The molecule has 6 nitrogen and oxygen atoms in total. The van der Waals surface area contributed by atoms with Gasteiger partial charge in [-0.3, -0.25) is 9.48 Å². The van der Waals surface area contributed by atoms with Gasteiger partial charge in [0.05, 0.1) is 18.9 Å². The van der Waals surface area contributed by atoms with Crippen molar-refractivity contribution in [3.63, 3.8) is 0 Å². The molecule has 0 aromatic carbocycles. The number of nitrogens with zero attached hydrogens (tertiary/aromatic N) is 3. The Labute approximate surface area is 149 Å². The van der Waals surface area contributed by atoms with Crippen LogP contribution in [0.4, 0.5) is 0 Å². The molecule has 3 heterocycles. The van der Waals surface area contributed by atoms with Crippen molar-refractivity contribution in [2.24, 2.45) is 7.05 Å². The first-order chi connectivity index (χ1) is 10.1. The fraction of sp³-hybridized carbons (Fsp3) is 0.733. The molecule has 132 valence electrons. The van der Waals surface area contributed by atoms with E-state index in [1.165, 1.54) is 5.56 Å². The highest BCUT2D eigenvalue weighted by molar-refractivity contribution is 5.85. The number of hydrogen-bond donors (Lipinski definition) is 1. The highest BCUT2D eigenvalue weighted by atomic mass is 35.5. The summed E-state index contributed by atoms with van der Waals surface area (Å²) in [6.45, 7) is 5.06. The van der Waals surface area contributed by atoms with Crippen LogP contribution < -0.4 is 5.32 Å². The maximum absolute atomic E-state index is 12.6. The SMILES string of the molecule is C[C@H]1OCCN[C@@H]1C(=O)N1CCC(c2cnn(C)c2)CC1.Cl.Cl. The van der Waals surface area contributed by atoms with Crippen molar-refractivity contribution in [2.45, 2.75) is 37.8 Å². The minimum absolute atomic E-state index is 0. The quantitative estimate of drug-likeness (QED) is 0.860. The van der Waals surface area contributed by atoms with Crippen LogP contribution in [-0.4, -0.2) is 59.0 Å². The fourth-order valence-electron chi connectivity index (χ4n) is 3.29. The van der Waals surface area contributed by atoms with Gasteiger partial charge >= 0.3 is 0 Å². The van der Waals surface area contributed by atoms with Crippen molar-refractivity contribution in [3.05, 3.63) is 18.0 Å². The van der Waals surface area contributed by atoms with Crippen LogP contribution in [-0.2, 0) is 16.6 Å². The minimum Gasteiger partial charge on any atom is -0.375 e. The van der Waals surface area contributed by atoms with Gasteiger partial charge in [0.15, 0.2) is 0 Å². The molecule has 0 unspecified atom stereocenters. The van der Waals surface area contributed by atoms with E-state index in [9.17, 15) is 4.79 Å². The Bertz CT molecular complexity index is 503. The molecule has 23 heavy (non-hydrogen) atoms. The van der Waals surface area contributed by atoms with E-state index >= 15 is 0 Å². The van der Waals surface area contributed by atoms with Crippen LogP contribution in [0.1, 0.15) is 31.2 Å². The molecule has 2 atom stereocenters. The lowest BCUT2D eigenvalue weighted by Gasteiger charge is -2.37. The average molecular weight is 365 g/mol. The normalized spacial score (nSPS) is 25.4. The molecule has 2 aliphatic heterocycles. The molecular formula is C15H26Cl2N4O2. The van der Waals surface area contributed by atoms with Crippen LogP contribution >= 0.6 is 24.8 Å². The van der Waals surface area contributed by atoms with Crippen molar-refractivity contribution in [1.29, 1.82) is 0 Å². The summed E-state index contributed by atoms with van der Waals surface area (Å²) in [5, 5.41) is 7.52. The molecule has 2 aliphatic rings. The van der Waals surface area contributed by atoms with Gasteiger partial charge in [0, 0.05) is 32.9 Å². The third-order valence-corrected chi connectivity index (χ3v) is 4.59. The van der Waals surface area contributed by atoms with Gasteiger partial charge in [-0.25, -0.2) is 0 Å². The van der Waals surface area contributed by atoms with Gasteiger partial charge in [0.1, 0.15) is 6.04 Å². The van der Waals surface area contributed by atoms with E-state index in [4.69, 9.17) is 4.74 Å². The van der Waals surface area contributed by atoms with E-state index in [1.54, 1.807) is 0 Å². The van der Waals surface area contributed by atoms with Gasteiger partial charge in [-0.05, 0) is 31.2 Å². The summed E-state index contributed by atoms with van der Waals surface area (Å²) >= 11 is 0. The third-order valence-electron chi connectivity index (χ3n) is 4.59. The largest absolute Gasteiger partial charge is 0.375 e. The predicted molar refractivity (Wildman–Crippen MR) is 93.5 cm³/mol. The topological polar surface area (TPSA) is 59.4 Å². The second kappa shape index (κ2) is 8.87. The van der Waals surface area contributed by atoms with E-state index in [0.29, 0.717) is 12.5 Å². The van der Waals surface area contributed by atoms with E-state index in [-0.39, 0.29) is 42.9 Å². The molecule has 0 bridgehead atoms. The van der Waals surface area contributed by atoms with Crippen molar-refractivity contribution < 1.29 is 9.53 Å². The highest BCUT2D eigenvalue weighted by Gasteiger charge is 2.33. The Hall–Kier alpha value is -0.820. The Kier molecular flexibility index (Phi) is 7.80. The van der Waals surface area contributed by atoms with E-state index in [2.05, 4.69) is 16.6 Å². The second-order valence-electron chi connectivity index (χ2n) is 6.05. The average Bonchev–Trinajstić information content (AvgIpc) is 2.94. The summed E-state index contributed by atoms with van der Waals surface area (Å²) < 4.78 is 7.42. The van der Waals surface area contributed by atoms with Crippen molar-refractivity contribution in [3.8, 4) is 0 Å². The molecule has 8 heteroatoms.